The normalized spacial score (nSPS) is 11.4. The first-order chi connectivity index (χ1) is 6.49. The van der Waals surface area contributed by atoms with E-state index < -0.39 is 14.7 Å². The molecule has 0 aliphatic carbocycles. The molecule has 0 atom stereocenters. The molecule has 1 N–H and O–H groups in total. The number of carboxylic acid groups (broad SMARTS) is 1. The largest absolute Gasteiger partial charge is 0.465 e. The molecule has 1 amide bonds. The molecule has 14 heavy (non-hydrogen) atoms. The molecular weight excluding hydrogens is 202 g/mol. The average molecular weight is 221 g/mol. The number of hydrogen-bond donors (Lipinski definition) is 1. The Labute approximate surface area is 85.9 Å². The van der Waals surface area contributed by atoms with Crippen LogP contribution in [0.25, 0.3) is 0 Å². The molecule has 0 unspecified atom stereocenters. The van der Waals surface area contributed by atoms with Gasteiger partial charge in [0.05, 0.1) is 0 Å². The summed E-state index contributed by atoms with van der Waals surface area (Å²) in [6.45, 7) is 4.69. The van der Waals surface area contributed by atoms with E-state index in [0.717, 1.165) is 0 Å². The highest BCUT2D eigenvalue weighted by Crippen LogP contribution is 2.11. The van der Waals surface area contributed by atoms with E-state index in [0.29, 0.717) is 19.1 Å². The fraction of sp³-hybridized carbons (Fsp3) is 0.875. The smallest absolute Gasteiger partial charge is 0.407 e. The number of carbonyl (C=O) groups is 1. The lowest BCUT2D eigenvalue weighted by Crippen LogP contribution is -2.41. The van der Waals surface area contributed by atoms with Gasteiger partial charge >= 0.3 is 14.7 Å². The van der Waals surface area contributed by atoms with Crippen molar-refractivity contribution in [1.29, 1.82) is 0 Å². The third-order valence-electron chi connectivity index (χ3n) is 2.35. The highest BCUT2D eigenvalue weighted by Gasteiger charge is 2.29. The van der Waals surface area contributed by atoms with E-state index in [9.17, 15) is 4.79 Å². The third kappa shape index (κ3) is 4.08. The van der Waals surface area contributed by atoms with Gasteiger partial charge in [0.2, 0.25) is 0 Å². The molecule has 5 nitrogen and oxygen atoms in total. The number of amides is 1. The van der Waals surface area contributed by atoms with Gasteiger partial charge in [0.15, 0.2) is 0 Å². The Morgan fingerprint density at radius 2 is 1.93 bits per heavy atom. The van der Waals surface area contributed by atoms with Gasteiger partial charge < -0.3 is 18.9 Å². The summed E-state index contributed by atoms with van der Waals surface area (Å²) in [6, 6.07) is 0.653. The molecule has 0 rings (SSSR count). The van der Waals surface area contributed by atoms with Crippen LogP contribution >= 0.6 is 0 Å². The molecule has 0 spiro atoms. The maximum absolute atomic E-state index is 10.7. The summed E-state index contributed by atoms with van der Waals surface area (Å²) in [6.07, 6.45) is -0.893. The van der Waals surface area contributed by atoms with Crippen molar-refractivity contribution in [3.05, 3.63) is 0 Å². The highest BCUT2D eigenvalue weighted by atomic mass is 28.4. The fourth-order valence-electron chi connectivity index (χ4n) is 1.01. The Morgan fingerprint density at radius 3 is 2.21 bits per heavy atom. The lowest BCUT2D eigenvalue weighted by Gasteiger charge is -2.25. The predicted octanol–water partition coefficient (Wildman–Crippen LogP) is 1.35. The summed E-state index contributed by atoms with van der Waals surface area (Å²) < 4.78 is 10.5. The summed E-state index contributed by atoms with van der Waals surface area (Å²) in [7, 11) is 1.08. The molecule has 0 fully saturated rings. The van der Waals surface area contributed by atoms with Crippen molar-refractivity contribution >= 4 is 14.7 Å². The maximum Gasteiger partial charge on any atom is 0.407 e. The van der Waals surface area contributed by atoms with E-state index in [-0.39, 0.29) is 0 Å². The lowest BCUT2D eigenvalue weighted by atomic mass is 10.5. The van der Waals surface area contributed by atoms with Gasteiger partial charge in [-0.15, -0.1) is 0 Å². The van der Waals surface area contributed by atoms with Gasteiger partial charge in [-0.2, -0.15) is 0 Å². The second-order valence-corrected chi connectivity index (χ2v) is 6.74. The number of hydrogen-bond acceptors (Lipinski definition) is 3. The van der Waals surface area contributed by atoms with Gasteiger partial charge in [0.1, 0.15) is 0 Å². The maximum atomic E-state index is 10.7. The van der Waals surface area contributed by atoms with E-state index in [1.165, 1.54) is 4.90 Å². The second-order valence-electron chi connectivity index (χ2n) is 3.15. The molecule has 0 bridgehead atoms. The second kappa shape index (κ2) is 6.00. The van der Waals surface area contributed by atoms with Crippen LogP contribution in [0, 0.1) is 0 Å². The van der Waals surface area contributed by atoms with Crippen LogP contribution in [0.2, 0.25) is 12.6 Å². The zero-order valence-corrected chi connectivity index (χ0v) is 10.2. The van der Waals surface area contributed by atoms with Gasteiger partial charge in [-0.1, -0.05) is 0 Å². The molecule has 0 aromatic rings. The van der Waals surface area contributed by atoms with E-state index in [1.807, 2.05) is 13.5 Å². The van der Waals surface area contributed by atoms with Crippen LogP contribution in [0.15, 0.2) is 0 Å². The third-order valence-corrected chi connectivity index (χ3v) is 5.21. The zero-order valence-electron chi connectivity index (χ0n) is 9.24. The van der Waals surface area contributed by atoms with Crippen molar-refractivity contribution in [2.45, 2.75) is 19.5 Å². The van der Waals surface area contributed by atoms with Gasteiger partial charge in [0.25, 0.3) is 0 Å². The molecule has 0 aliphatic heterocycles. The van der Waals surface area contributed by atoms with Gasteiger partial charge in [-0.05, 0) is 13.5 Å². The molecule has 0 heterocycles. The van der Waals surface area contributed by atoms with Crippen LogP contribution in [0.5, 0.6) is 0 Å². The number of rotatable bonds is 6. The highest BCUT2D eigenvalue weighted by molar-refractivity contribution is 6.66. The minimum absolute atomic E-state index is 0.468. The summed E-state index contributed by atoms with van der Waals surface area (Å²) in [4.78, 5) is 12.0. The van der Waals surface area contributed by atoms with E-state index in [4.69, 9.17) is 14.0 Å². The van der Waals surface area contributed by atoms with Crippen LogP contribution in [0.1, 0.15) is 6.92 Å². The number of nitrogens with zero attached hydrogens (tertiary/aromatic N) is 1. The van der Waals surface area contributed by atoms with E-state index in [2.05, 4.69) is 0 Å². The first kappa shape index (κ1) is 13.4. The Kier molecular flexibility index (Phi) is 5.74. The molecule has 0 saturated carbocycles. The molecule has 0 aliphatic rings. The predicted molar refractivity (Wildman–Crippen MR) is 55.7 cm³/mol. The molecule has 0 saturated heterocycles. The topological polar surface area (TPSA) is 59.0 Å². The Balaban J connectivity index is 4.07. The molecule has 0 radical (unpaired) electrons. The van der Waals surface area contributed by atoms with E-state index in [1.54, 1.807) is 14.2 Å². The quantitative estimate of drug-likeness (QED) is 0.688. The summed E-state index contributed by atoms with van der Waals surface area (Å²) >= 11 is 0. The van der Waals surface area contributed by atoms with Crippen molar-refractivity contribution in [3.63, 3.8) is 0 Å². The van der Waals surface area contributed by atoms with Crippen LogP contribution in [-0.4, -0.2) is 52.0 Å². The molecule has 0 aromatic heterocycles. The van der Waals surface area contributed by atoms with Crippen molar-refractivity contribution in [1.82, 2.24) is 4.90 Å². The summed E-state index contributed by atoms with van der Waals surface area (Å²) in [5.41, 5.74) is 0. The van der Waals surface area contributed by atoms with Crippen LogP contribution < -0.4 is 0 Å². The lowest BCUT2D eigenvalue weighted by molar-refractivity contribution is 0.148. The van der Waals surface area contributed by atoms with Crippen LogP contribution in [0.4, 0.5) is 4.79 Å². The van der Waals surface area contributed by atoms with Crippen LogP contribution in [0.3, 0.4) is 0 Å². The van der Waals surface area contributed by atoms with Crippen molar-refractivity contribution in [2.24, 2.45) is 0 Å². The standard InChI is InChI=1S/C8H19NO4Si/c1-5-9(8(10)11)6-7-14(4,12-2)13-3/h5-7H2,1-4H3,(H,10,11). The fourth-order valence-corrected chi connectivity index (χ4v) is 2.27. The SMILES string of the molecule is CCN(CC[Si](C)(OC)OC)C(=O)O. The van der Waals surface area contributed by atoms with Crippen LogP contribution in [-0.2, 0) is 8.85 Å². The molecular formula is C8H19NO4Si. The van der Waals surface area contributed by atoms with Crippen molar-refractivity contribution < 1.29 is 18.8 Å². The first-order valence-corrected chi connectivity index (χ1v) is 7.09. The first-order valence-electron chi connectivity index (χ1n) is 4.57. The monoisotopic (exact) mass is 221 g/mol. The Hall–Kier alpha value is -0.593. The minimum Gasteiger partial charge on any atom is -0.465 e. The molecule has 84 valence electrons. The molecule has 6 heteroatoms. The van der Waals surface area contributed by atoms with Crippen molar-refractivity contribution in [3.8, 4) is 0 Å². The summed E-state index contributed by atoms with van der Waals surface area (Å²) in [5.74, 6) is 0. The van der Waals surface area contributed by atoms with E-state index >= 15 is 0 Å². The Morgan fingerprint density at radius 1 is 1.43 bits per heavy atom. The minimum atomic E-state index is -2.13. The van der Waals surface area contributed by atoms with Crippen molar-refractivity contribution in [2.75, 3.05) is 27.3 Å². The van der Waals surface area contributed by atoms with Gasteiger partial charge in [-0.3, -0.25) is 0 Å². The Bertz CT molecular complexity index is 184. The average Bonchev–Trinajstić information content (AvgIpc) is 2.18. The zero-order chi connectivity index (χ0) is 11.2. The van der Waals surface area contributed by atoms with Gasteiger partial charge in [0, 0.05) is 33.4 Å². The molecule has 0 aromatic carbocycles. The summed E-state index contributed by atoms with van der Waals surface area (Å²) in [5, 5.41) is 8.78. The van der Waals surface area contributed by atoms with Gasteiger partial charge in [-0.25, -0.2) is 4.79 Å².